The zero-order valence-electron chi connectivity index (χ0n) is 17.8. The van der Waals surface area contributed by atoms with Crippen LogP contribution in [0.25, 0.3) is 10.9 Å². The number of rotatable bonds is 5. The molecule has 0 radical (unpaired) electrons. The van der Waals surface area contributed by atoms with Crippen molar-refractivity contribution in [3.05, 3.63) is 100 Å². The summed E-state index contributed by atoms with van der Waals surface area (Å²) in [6.45, 7) is 2.19. The number of nitrogens with one attached hydrogen (secondary N) is 3. The van der Waals surface area contributed by atoms with Gasteiger partial charge in [0.05, 0.1) is 5.52 Å². The van der Waals surface area contributed by atoms with Crippen LogP contribution in [-0.4, -0.2) is 22.4 Å². The van der Waals surface area contributed by atoms with Crippen LogP contribution in [0.4, 0.5) is 5.69 Å². The van der Waals surface area contributed by atoms with Gasteiger partial charge in [-0.1, -0.05) is 64.0 Å². The Bertz CT molecular complexity index is 1330. The van der Waals surface area contributed by atoms with Crippen LogP contribution >= 0.6 is 15.9 Å². The molecule has 1 aromatic heterocycles. The first kappa shape index (κ1) is 22.3. The number of carbonyl (C=O) groups is 3. The zero-order valence-corrected chi connectivity index (χ0v) is 19.3. The summed E-state index contributed by atoms with van der Waals surface area (Å²) < 4.78 is 2.15. The van der Waals surface area contributed by atoms with Gasteiger partial charge in [-0.3, -0.25) is 19.8 Å². The molecular formula is C25H21BrN4O3. The minimum absolute atomic E-state index is 0.187. The van der Waals surface area contributed by atoms with Crippen molar-refractivity contribution in [2.24, 2.45) is 0 Å². The van der Waals surface area contributed by atoms with E-state index in [1.807, 2.05) is 55.5 Å². The van der Waals surface area contributed by atoms with Crippen LogP contribution in [0.15, 0.2) is 83.3 Å². The highest BCUT2D eigenvalue weighted by Crippen LogP contribution is 2.24. The van der Waals surface area contributed by atoms with Gasteiger partial charge in [-0.25, -0.2) is 4.68 Å². The van der Waals surface area contributed by atoms with Gasteiger partial charge < -0.3 is 10.6 Å². The van der Waals surface area contributed by atoms with Gasteiger partial charge in [0.2, 0.25) is 0 Å². The molecule has 0 fully saturated rings. The highest BCUT2D eigenvalue weighted by Gasteiger charge is 2.21. The third-order valence-electron chi connectivity index (χ3n) is 5.02. The number of benzene rings is 3. The Morgan fingerprint density at radius 2 is 1.61 bits per heavy atom. The molecule has 166 valence electrons. The van der Waals surface area contributed by atoms with Crippen molar-refractivity contribution in [1.82, 2.24) is 9.99 Å². The van der Waals surface area contributed by atoms with Crippen molar-refractivity contribution >= 4 is 50.2 Å². The molecule has 0 bridgehead atoms. The second kappa shape index (κ2) is 9.70. The Morgan fingerprint density at radius 3 is 2.33 bits per heavy atom. The minimum Gasteiger partial charge on any atom is -0.344 e. The van der Waals surface area contributed by atoms with E-state index in [9.17, 15) is 14.4 Å². The summed E-state index contributed by atoms with van der Waals surface area (Å²) in [6.07, 6.45) is 0. The van der Waals surface area contributed by atoms with Crippen molar-refractivity contribution in [3.8, 4) is 0 Å². The molecule has 1 heterocycles. The van der Waals surface area contributed by atoms with E-state index in [1.54, 1.807) is 30.3 Å². The largest absolute Gasteiger partial charge is 0.344 e. The van der Waals surface area contributed by atoms with Crippen LogP contribution in [0.5, 0.6) is 0 Å². The smallest absolute Gasteiger partial charge is 0.328 e. The van der Waals surface area contributed by atoms with Crippen LogP contribution < -0.4 is 16.1 Å². The summed E-state index contributed by atoms with van der Waals surface area (Å²) in [5.74, 6) is -2.10. The molecule has 0 aliphatic heterocycles. The average Bonchev–Trinajstić information content (AvgIpc) is 3.16. The lowest BCUT2D eigenvalue weighted by Gasteiger charge is -2.13. The Labute approximate surface area is 198 Å². The summed E-state index contributed by atoms with van der Waals surface area (Å²) >= 11 is 3.42. The molecule has 0 unspecified atom stereocenters. The second-order valence-corrected chi connectivity index (χ2v) is 8.41. The van der Waals surface area contributed by atoms with Crippen molar-refractivity contribution in [2.45, 2.75) is 13.5 Å². The molecule has 0 aliphatic carbocycles. The van der Waals surface area contributed by atoms with Gasteiger partial charge in [-0.15, -0.1) is 0 Å². The number of halogens is 1. The summed E-state index contributed by atoms with van der Waals surface area (Å²) in [5.41, 5.74) is 5.92. The lowest BCUT2D eigenvalue weighted by Crippen LogP contribution is -2.39. The van der Waals surface area contributed by atoms with E-state index >= 15 is 0 Å². The Morgan fingerprint density at radius 1 is 0.879 bits per heavy atom. The standard InChI is InChI=1S/C25H21BrN4O3/c1-16-7-9-17(10-8-16)15-27-24(32)25(33)29-30-21-12-11-19(26)13-18(21)14-22(30)23(31)28-20-5-3-2-4-6-20/h2-14H,15H2,1H3,(H,27,32)(H,28,31)(H,29,33). The maximum atomic E-state index is 13.0. The summed E-state index contributed by atoms with van der Waals surface area (Å²) in [7, 11) is 0. The highest BCUT2D eigenvalue weighted by molar-refractivity contribution is 9.10. The summed E-state index contributed by atoms with van der Waals surface area (Å²) in [4.78, 5) is 38.1. The van der Waals surface area contributed by atoms with Crippen LogP contribution in [0.3, 0.4) is 0 Å². The molecule has 3 N–H and O–H groups in total. The number of para-hydroxylation sites is 1. The molecule has 3 aromatic carbocycles. The number of hydrogen-bond acceptors (Lipinski definition) is 3. The molecule has 0 saturated carbocycles. The van der Waals surface area contributed by atoms with E-state index in [0.29, 0.717) is 11.2 Å². The second-order valence-electron chi connectivity index (χ2n) is 7.50. The van der Waals surface area contributed by atoms with Gasteiger partial charge in [0.1, 0.15) is 5.69 Å². The molecule has 8 heteroatoms. The van der Waals surface area contributed by atoms with E-state index < -0.39 is 17.7 Å². The molecule has 0 saturated heterocycles. The summed E-state index contributed by atoms with van der Waals surface area (Å²) in [6, 6.07) is 23.7. The first-order chi connectivity index (χ1) is 15.9. The topological polar surface area (TPSA) is 92.2 Å². The van der Waals surface area contributed by atoms with Crippen molar-refractivity contribution in [2.75, 3.05) is 10.7 Å². The number of nitrogens with zero attached hydrogens (tertiary/aromatic N) is 1. The number of fused-ring (bicyclic) bond motifs is 1. The van der Waals surface area contributed by atoms with Crippen molar-refractivity contribution in [3.63, 3.8) is 0 Å². The third kappa shape index (κ3) is 5.30. The Hall–Kier alpha value is -3.91. The van der Waals surface area contributed by atoms with Crippen LogP contribution in [0.1, 0.15) is 21.6 Å². The van der Waals surface area contributed by atoms with Crippen molar-refractivity contribution in [1.29, 1.82) is 0 Å². The van der Waals surface area contributed by atoms with Gasteiger partial charge in [0.15, 0.2) is 0 Å². The molecule has 7 nitrogen and oxygen atoms in total. The predicted molar refractivity (Wildman–Crippen MR) is 131 cm³/mol. The Kier molecular flexibility index (Phi) is 6.55. The molecule has 0 aliphatic rings. The number of aromatic nitrogens is 1. The third-order valence-corrected chi connectivity index (χ3v) is 5.51. The molecule has 3 amide bonds. The quantitative estimate of drug-likeness (QED) is 0.352. The number of amides is 3. The van der Waals surface area contributed by atoms with E-state index in [0.717, 1.165) is 21.0 Å². The zero-order chi connectivity index (χ0) is 23.4. The van der Waals surface area contributed by atoms with Crippen LogP contribution in [0.2, 0.25) is 0 Å². The van der Waals surface area contributed by atoms with Gasteiger partial charge in [-0.05, 0) is 48.9 Å². The molecular weight excluding hydrogens is 484 g/mol. The predicted octanol–water partition coefficient (Wildman–Crippen LogP) is 4.35. The first-order valence-corrected chi connectivity index (χ1v) is 11.0. The van der Waals surface area contributed by atoms with E-state index in [4.69, 9.17) is 0 Å². The van der Waals surface area contributed by atoms with E-state index in [2.05, 4.69) is 32.0 Å². The fraction of sp³-hybridized carbons (Fsp3) is 0.0800. The van der Waals surface area contributed by atoms with Gasteiger partial charge in [0.25, 0.3) is 5.91 Å². The minimum atomic E-state index is -0.878. The van der Waals surface area contributed by atoms with E-state index in [1.165, 1.54) is 4.68 Å². The first-order valence-electron chi connectivity index (χ1n) is 10.2. The van der Waals surface area contributed by atoms with Gasteiger partial charge in [0, 0.05) is 22.1 Å². The molecule has 0 spiro atoms. The van der Waals surface area contributed by atoms with Crippen molar-refractivity contribution < 1.29 is 14.4 Å². The van der Waals surface area contributed by atoms with Crippen LogP contribution in [0, 0.1) is 6.92 Å². The van der Waals surface area contributed by atoms with Crippen LogP contribution in [-0.2, 0) is 16.1 Å². The lowest BCUT2D eigenvalue weighted by molar-refractivity contribution is -0.136. The maximum Gasteiger partial charge on any atom is 0.328 e. The molecule has 4 aromatic rings. The number of aryl methyl sites for hydroxylation is 1. The fourth-order valence-corrected chi connectivity index (χ4v) is 3.69. The Balaban J connectivity index is 1.55. The monoisotopic (exact) mass is 504 g/mol. The molecule has 4 rings (SSSR count). The molecule has 0 atom stereocenters. The number of anilines is 1. The van der Waals surface area contributed by atoms with Gasteiger partial charge >= 0.3 is 11.8 Å². The highest BCUT2D eigenvalue weighted by atomic mass is 79.9. The summed E-state index contributed by atoms with van der Waals surface area (Å²) in [5, 5.41) is 6.13. The number of carbonyl (C=O) groups excluding carboxylic acids is 3. The number of hydrogen-bond donors (Lipinski definition) is 3. The van der Waals surface area contributed by atoms with E-state index in [-0.39, 0.29) is 12.2 Å². The maximum absolute atomic E-state index is 13.0. The normalized spacial score (nSPS) is 10.6. The SMILES string of the molecule is Cc1ccc(CNC(=O)C(=O)Nn2c(C(=O)Nc3ccccc3)cc3cc(Br)ccc32)cc1. The lowest BCUT2D eigenvalue weighted by atomic mass is 10.1. The fourth-order valence-electron chi connectivity index (χ4n) is 3.31. The van der Waals surface area contributed by atoms with Gasteiger partial charge in [-0.2, -0.15) is 0 Å². The molecule has 33 heavy (non-hydrogen) atoms. The average molecular weight is 505 g/mol.